The van der Waals surface area contributed by atoms with E-state index >= 15 is 0 Å². The zero-order valence-electron chi connectivity index (χ0n) is 12.0. The molecular weight excluding hydrogens is 297 g/mol. The fraction of sp³-hybridized carbons (Fsp3) is 0.500. The third kappa shape index (κ3) is 2.79. The molecule has 1 unspecified atom stereocenters. The summed E-state index contributed by atoms with van der Waals surface area (Å²) in [4.78, 5) is 22.5. The number of nitro benzene ring substituents is 1. The minimum atomic E-state index is -1.56. The largest absolute Gasteiger partial charge is 0.469 e. The van der Waals surface area contributed by atoms with E-state index in [-0.39, 0.29) is 31.6 Å². The zero-order chi connectivity index (χ0) is 16.3. The molecule has 1 N–H and O–H groups in total. The minimum Gasteiger partial charge on any atom is -0.469 e. The number of ether oxygens (including phenoxy) is 2. The zero-order valence-corrected chi connectivity index (χ0v) is 12.0. The molecule has 0 bridgehead atoms. The molecular formula is C14H16FNO6. The molecule has 1 aromatic rings. The van der Waals surface area contributed by atoms with Gasteiger partial charge in [-0.2, -0.15) is 0 Å². The summed E-state index contributed by atoms with van der Waals surface area (Å²) in [5.74, 6) is -1.42. The van der Waals surface area contributed by atoms with Crippen LogP contribution in [0.5, 0.6) is 0 Å². The van der Waals surface area contributed by atoms with Crippen LogP contribution >= 0.6 is 0 Å². The molecule has 22 heavy (non-hydrogen) atoms. The van der Waals surface area contributed by atoms with Crippen LogP contribution in [0.1, 0.15) is 24.5 Å². The van der Waals surface area contributed by atoms with Crippen LogP contribution in [0.25, 0.3) is 0 Å². The van der Waals surface area contributed by atoms with E-state index in [1.54, 1.807) is 0 Å². The Morgan fingerprint density at radius 1 is 1.50 bits per heavy atom. The average Bonchev–Trinajstić information content (AvgIpc) is 2.53. The third-order valence-electron chi connectivity index (χ3n) is 3.98. The first-order valence-electron chi connectivity index (χ1n) is 6.70. The Labute approximate surface area is 125 Å². The van der Waals surface area contributed by atoms with Crippen LogP contribution in [0.4, 0.5) is 10.1 Å². The Morgan fingerprint density at radius 3 is 2.68 bits per heavy atom. The molecule has 1 atom stereocenters. The number of aliphatic hydroxyl groups is 1. The molecule has 1 aromatic carbocycles. The standard InChI is InChI=1S/C14H16FNO6/c1-21-13(18)14(4-6-22-7-5-14)12(17)10-8-9(15)2-3-11(10)16(19)20/h2-3,8,12,17H,4-7H2,1H3. The van der Waals surface area contributed by atoms with Crippen molar-refractivity contribution >= 4 is 11.7 Å². The lowest BCUT2D eigenvalue weighted by molar-refractivity contribution is -0.386. The van der Waals surface area contributed by atoms with Gasteiger partial charge in [-0.1, -0.05) is 0 Å². The maximum atomic E-state index is 13.5. The van der Waals surface area contributed by atoms with Gasteiger partial charge in [0.1, 0.15) is 17.3 Å². The number of benzene rings is 1. The van der Waals surface area contributed by atoms with Crippen molar-refractivity contribution in [2.45, 2.75) is 18.9 Å². The highest BCUT2D eigenvalue weighted by molar-refractivity contribution is 5.78. The lowest BCUT2D eigenvalue weighted by atomic mass is 9.72. The second kappa shape index (κ2) is 6.37. The minimum absolute atomic E-state index is 0.133. The predicted molar refractivity (Wildman–Crippen MR) is 72.5 cm³/mol. The first-order chi connectivity index (χ1) is 10.4. The van der Waals surface area contributed by atoms with Crippen LogP contribution in [-0.2, 0) is 14.3 Å². The number of methoxy groups -OCH3 is 1. The van der Waals surface area contributed by atoms with Crippen molar-refractivity contribution < 1.29 is 28.7 Å². The summed E-state index contributed by atoms with van der Waals surface area (Å²) in [6, 6.07) is 2.78. The topological polar surface area (TPSA) is 98.9 Å². The Bertz CT molecular complexity index is 585. The second-order valence-electron chi connectivity index (χ2n) is 5.12. The van der Waals surface area contributed by atoms with Gasteiger partial charge in [0.05, 0.1) is 17.6 Å². The van der Waals surface area contributed by atoms with Gasteiger partial charge in [0.2, 0.25) is 0 Å². The number of aliphatic hydroxyl groups excluding tert-OH is 1. The SMILES string of the molecule is COC(=O)C1(C(O)c2cc(F)ccc2[N+](=O)[O-])CCOCC1. The fourth-order valence-corrected chi connectivity index (χ4v) is 2.74. The molecule has 0 saturated carbocycles. The van der Waals surface area contributed by atoms with Gasteiger partial charge in [-0.25, -0.2) is 4.39 Å². The molecule has 1 heterocycles. The summed E-state index contributed by atoms with van der Waals surface area (Å²) in [6.45, 7) is 0.407. The molecule has 0 aromatic heterocycles. The van der Waals surface area contributed by atoms with E-state index in [0.717, 1.165) is 18.2 Å². The molecule has 1 aliphatic heterocycles. The summed E-state index contributed by atoms with van der Waals surface area (Å²) in [6.07, 6.45) is -1.29. The van der Waals surface area contributed by atoms with Gasteiger partial charge in [0.25, 0.3) is 5.69 Å². The average molecular weight is 313 g/mol. The Kier molecular flexibility index (Phi) is 4.72. The molecule has 8 heteroatoms. The smallest absolute Gasteiger partial charge is 0.314 e. The van der Waals surface area contributed by atoms with Crippen molar-refractivity contribution in [3.63, 3.8) is 0 Å². The van der Waals surface area contributed by atoms with E-state index in [9.17, 15) is 24.4 Å². The second-order valence-corrected chi connectivity index (χ2v) is 5.12. The van der Waals surface area contributed by atoms with E-state index in [0.29, 0.717) is 0 Å². The highest BCUT2D eigenvalue weighted by atomic mass is 19.1. The van der Waals surface area contributed by atoms with E-state index < -0.39 is 33.9 Å². The van der Waals surface area contributed by atoms with E-state index in [1.165, 1.54) is 7.11 Å². The molecule has 0 amide bonds. The van der Waals surface area contributed by atoms with Gasteiger partial charge >= 0.3 is 5.97 Å². The Balaban J connectivity index is 2.51. The van der Waals surface area contributed by atoms with Crippen LogP contribution < -0.4 is 0 Å². The lowest BCUT2D eigenvalue weighted by Gasteiger charge is -2.38. The van der Waals surface area contributed by atoms with E-state index in [2.05, 4.69) is 0 Å². The first kappa shape index (κ1) is 16.3. The van der Waals surface area contributed by atoms with Crippen LogP contribution in [0.2, 0.25) is 0 Å². The van der Waals surface area contributed by atoms with Crippen LogP contribution in [-0.4, -0.2) is 36.3 Å². The molecule has 0 radical (unpaired) electrons. The monoisotopic (exact) mass is 313 g/mol. The Hall–Kier alpha value is -2.06. The van der Waals surface area contributed by atoms with Gasteiger partial charge in [0.15, 0.2) is 0 Å². The highest BCUT2D eigenvalue weighted by Crippen LogP contribution is 2.45. The molecule has 7 nitrogen and oxygen atoms in total. The third-order valence-corrected chi connectivity index (χ3v) is 3.98. The summed E-state index contributed by atoms with van der Waals surface area (Å²) < 4.78 is 23.4. The van der Waals surface area contributed by atoms with Gasteiger partial charge in [-0.15, -0.1) is 0 Å². The summed E-state index contributed by atoms with van der Waals surface area (Å²) in [5, 5.41) is 21.7. The van der Waals surface area contributed by atoms with Crippen molar-refractivity contribution in [2.75, 3.05) is 20.3 Å². The van der Waals surface area contributed by atoms with Gasteiger partial charge in [0, 0.05) is 19.3 Å². The number of carbonyl (C=O) groups excluding carboxylic acids is 1. The van der Waals surface area contributed by atoms with Crippen molar-refractivity contribution in [1.82, 2.24) is 0 Å². The molecule has 0 aliphatic carbocycles. The maximum Gasteiger partial charge on any atom is 0.314 e. The van der Waals surface area contributed by atoms with E-state index in [4.69, 9.17) is 9.47 Å². The quantitative estimate of drug-likeness (QED) is 0.516. The summed E-state index contributed by atoms with van der Waals surface area (Å²) in [5.41, 5.74) is -2.06. The maximum absolute atomic E-state index is 13.5. The van der Waals surface area contributed by atoms with E-state index in [1.807, 2.05) is 0 Å². The van der Waals surface area contributed by atoms with Gasteiger partial charge in [-0.3, -0.25) is 14.9 Å². The molecule has 0 spiro atoms. The number of esters is 1. The number of halogens is 1. The molecule has 1 aliphatic rings. The normalized spacial score (nSPS) is 18.5. The van der Waals surface area contributed by atoms with Crippen LogP contribution in [0.3, 0.4) is 0 Å². The van der Waals surface area contributed by atoms with Crippen molar-refractivity contribution in [3.05, 3.63) is 39.7 Å². The van der Waals surface area contributed by atoms with Gasteiger partial charge in [-0.05, 0) is 25.0 Å². The number of carbonyl (C=O) groups is 1. The fourth-order valence-electron chi connectivity index (χ4n) is 2.74. The highest BCUT2D eigenvalue weighted by Gasteiger charge is 2.49. The predicted octanol–water partition coefficient (Wildman–Crippen LogP) is 1.74. The van der Waals surface area contributed by atoms with Crippen molar-refractivity contribution in [3.8, 4) is 0 Å². The van der Waals surface area contributed by atoms with Gasteiger partial charge < -0.3 is 14.6 Å². The molecule has 1 fully saturated rings. The molecule has 2 rings (SSSR count). The number of rotatable bonds is 4. The number of nitrogens with zero attached hydrogens (tertiary/aromatic N) is 1. The van der Waals surface area contributed by atoms with Crippen LogP contribution in [0, 0.1) is 21.3 Å². The lowest BCUT2D eigenvalue weighted by Crippen LogP contribution is -2.43. The van der Waals surface area contributed by atoms with Crippen molar-refractivity contribution in [2.24, 2.45) is 5.41 Å². The Morgan fingerprint density at radius 2 is 2.14 bits per heavy atom. The summed E-state index contributed by atoms with van der Waals surface area (Å²) >= 11 is 0. The number of hydrogen-bond donors (Lipinski definition) is 1. The van der Waals surface area contributed by atoms with Crippen molar-refractivity contribution in [1.29, 1.82) is 0 Å². The summed E-state index contributed by atoms with van der Waals surface area (Å²) in [7, 11) is 1.17. The molecule has 120 valence electrons. The van der Waals surface area contributed by atoms with Crippen LogP contribution in [0.15, 0.2) is 18.2 Å². The number of nitro groups is 1. The first-order valence-corrected chi connectivity index (χ1v) is 6.70. The number of hydrogen-bond acceptors (Lipinski definition) is 6. The molecule has 1 saturated heterocycles.